The third kappa shape index (κ3) is 4.79. The molecule has 0 spiro atoms. The molecule has 2 N–H and O–H groups in total. The van der Waals surface area contributed by atoms with Crippen LogP contribution in [-0.4, -0.2) is 53.1 Å². The zero-order valence-electron chi connectivity index (χ0n) is 17.1. The fraction of sp³-hybridized carbons (Fsp3) is 0.409. The molecule has 1 aliphatic heterocycles. The third-order valence-electron chi connectivity index (χ3n) is 5.28. The molecule has 1 aliphatic rings. The Bertz CT molecular complexity index is 970. The summed E-state index contributed by atoms with van der Waals surface area (Å²) in [5, 5.41) is 2.66. The van der Waals surface area contributed by atoms with E-state index in [1.54, 1.807) is 0 Å². The molecule has 2 heterocycles. The van der Waals surface area contributed by atoms with Gasteiger partial charge in [0.05, 0.1) is 5.25 Å². The first-order chi connectivity index (χ1) is 14.1. The molecule has 1 saturated heterocycles. The summed E-state index contributed by atoms with van der Waals surface area (Å²) in [6.07, 6.45) is 2.05. The summed E-state index contributed by atoms with van der Waals surface area (Å²) < 4.78 is 0. The van der Waals surface area contributed by atoms with Gasteiger partial charge in [-0.2, -0.15) is 15.0 Å². The third-order valence-corrected chi connectivity index (χ3v) is 6.54. The molecule has 0 radical (unpaired) electrons. The van der Waals surface area contributed by atoms with E-state index < -0.39 is 0 Å². The fourth-order valence-corrected chi connectivity index (χ4v) is 4.83. The number of nitrogens with zero attached hydrogens (tertiary/aromatic N) is 5. The number of aromatic nitrogens is 3. The van der Waals surface area contributed by atoms with Crippen LogP contribution >= 0.6 is 11.8 Å². The van der Waals surface area contributed by atoms with E-state index in [9.17, 15) is 0 Å². The molecule has 0 bridgehead atoms. The highest BCUT2D eigenvalue weighted by atomic mass is 32.2. The van der Waals surface area contributed by atoms with Crippen LogP contribution in [0.2, 0.25) is 0 Å². The van der Waals surface area contributed by atoms with Crippen molar-refractivity contribution in [2.45, 2.75) is 29.9 Å². The smallest absolute Gasteiger partial charge is 0.230 e. The number of nitrogen functional groups attached to an aromatic ring is 1. The van der Waals surface area contributed by atoms with Crippen molar-refractivity contribution >= 4 is 34.4 Å². The summed E-state index contributed by atoms with van der Waals surface area (Å²) in [7, 11) is 2.14. The maximum Gasteiger partial charge on any atom is 0.230 e. The highest BCUT2D eigenvalue weighted by molar-refractivity contribution is 7.99. The molecule has 1 fully saturated rings. The highest BCUT2D eigenvalue weighted by Gasteiger charge is 2.22. The molecule has 0 saturated carbocycles. The molecule has 1 atom stereocenters. The highest BCUT2D eigenvalue weighted by Crippen LogP contribution is 2.38. The van der Waals surface area contributed by atoms with E-state index in [2.05, 4.69) is 76.2 Å². The van der Waals surface area contributed by atoms with Crippen LogP contribution in [0.1, 0.15) is 30.8 Å². The number of likely N-dealkylation sites (N-methyl/N-ethyl adjacent to an activating group) is 1. The van der Waals surface area contributed by atoms with Gasteiger partial charge in [-0.15, -0.1) is 11.8 Å². The van der Waals surface area contributed by atoms with Crippen molar-refractivity contribution in [2.75, 3.05) is 43.9 Å². The molecule has 4 rings (SSSR count). The summed E-state index contributed by atoms with van der Waals surface area (Å²) in [5.74, 6) is 1.80. The summed E-state index contributed by atoms with van der Waals surface area (Å²) in [5.41, 5.74) is 6.09. The van der Waals surface area contributed by atoms with Crippen LogP contribution in [-0.2, 0) is 0 Å². The van der Waals surface area contributed by atoms with Crippen molar-refractivity contribution < 1.29 is 0 Å². The van der Waals surface area contributed by atoms with Crippen molar-refractivity contribution in [3.63, 3.8) is 0 Å². The number of benzene rings is 2. The van der Waals surface area contributed by atoms with Crippen molar-refractivity contribution in [1.29, 1.82) is 0 Å². The lowest BCUT2D eigenvalue weighted by Crippen LogP contribution is -2.45. The van der Waals surface area contributed by atoms with Gasteiger partial charge < -0.3 is 15.5 Å². The molecule has 0 amide bonds. The predicted octanol–water partition coefficient (Wildman–Crippen LogP) is 3.99. The van der Waals surface area contributed by atoms with Gasteiger partial charge in [-0.05, 0) is 36.4 Å². The van der Waals surface area contributed by atoms with Gasteiger partial charge in [-0.3, -0.25) is 0 Å². The molecule has 7 heteroatoms. The minimum atomic E-state index is 0.151. The van der Waals surface area contributed by atoms with E-state index in [0.29, 0.717) is 11.9 Å². The van der Waals surface area contributed by atoms with Crippen LogP contribution in [0.25, 0.3) is 10.8 Å². The lowest BCUT2D eigenvalue weighted by molar-refractivity contribution is 0.311. The second kappa shape index (κ2) is 8.97. The van der Waals surface area contributed by atoms with Gasteiger partial charge >= 0.3 is 0 Å². The minimum absolute atomic E-state index is 0.151. The first-order valence-electron chi connectivity index (χ1n) is 10.2. The Labute approximate surface area is 176 Å². The molecule has 29 heavy (non-hydrogen) atoms. The van der Waals surface area contributed by atoms with Crippen molar-refractivity contribution in [3.05, 3.63) is 48.3 Å². The van der Waals surface area contributed by atoms with Crippen LogP contribution in [0, 0.1) is 0 Å². The van der Waals surface area contributed by atoms with Crippen LogP contribution in [0.4, 0.5) is 11.9 Å². The first kappa shape index (κ1) is 19.9. The average Bonchev–Trinajstić information content (AvgIpc) is 2.73. The second-order valence-electron chi connectivity index (χ2n) is 7.55. The zero-order chi connectivity index (χ0) is 20.2. The lowest BCUT2D eigenvalue weighted by Gasteiger charge is -2.32. The van der Waals surface area contributed by atoms with Gasteiger partial charge in [0.25, 0.3) is 0 Å². The number of thioether (sulfide) groups is 1. The Hall–Kier alpha value is -2.38. The van der Waals surface area contributed by atoms with Gasteiger partial charge in [-0.1, -0.05) is 43.7 Å². The Kier molecular flexibility index (Phi) is 6.16. The maximum absolute atomic E-state index is 6.09. The molecule has 152 valence electrons. The van der Waals surface area contributed by atoms with Crippen molar-refractivity contribution in [2.24, 2.45) is 0 Å². The molecule has 0 aliphatic carbocycles. The average molecular weight is 409 g/mol. The second-order valence-corrected chi connectivity index (χ2v) is 8.82. The number of fused-ring (bicyclic) bond motifs is 1. The first-order valence-corrected chi connectivity index (χ1v) is 11.1. The quantitative estimate of drug-likeness (QED) is 0.618. The number of hydrogen-bond donors (Lipinski definition) is 1. The summed E-state index contributed by atoms with van der Waals surface area (Å²) in [4.78, 5) is 19.5. The number of rotatable bonds is 6. The van der Waals surface area contributed by atoms with Gasteiger partial charge in [-0.25, -0.2) is 0 Å². The standard InChI is InChI=1S/C22H28N6S/c1-3-6-19(29-18-10-9-16-7-4-5-8-17(16)15-18)20-24-21(23)26-22(25-20)28-13-11-27(2)12-14-28/h4-5,7-10,15,19H,3,6,11-14H2,1-2H3,(H2,23,24,25,26). The number of anilines is 2. The Balaban J connectivity index is 1.60. The molecule has 1 unspecified atom stereocenters. The van der Waals surface area contributed by atoms with Crippen molar-refractivity contribution in [3.8, 4) is 0 Å². The molecule has 2 aromatic carbocycles. The molecular formula is C22H28N6S. The largest absolute Gasteiger partial charge is 0.368 e. The maximum atomic E-state index is 6.09. The van der Waals surface area contributed by atoms with Crippen LogP contribution in [0.15, 0.2) is 47.4 Å². The number of nitrogens with two attached hydrogens (primary N) is 1. The summed E-state index contributed by atoms with van der Waals surface area (Å²) >= 11 is 1.81. The molecule has 3 aromatic rings. The van der Waals surface area contributed by atoms with E-state index in [1.807, 2.05) is 11.8 Å². The molecule has 1 aromatic heterocycles. The van der Waals surface area contributed by atoms with Crippen molar-refractivity contribution in [1.82, 2.24) is 19.9 Å². The van der Waals surface area contributed by atoms with E-state index in [-0.39, 0.29) is 5.25 Å². The molecule has 6 nitrogen and oxygen atoms in total. The van der Waals surface area contributed by atoms with Crippen LogP contribution in [0.3, 0.4) is 0 Å². The summed E-state index contributed by atoms with van der Waals surface area (Å²) in [6, 6.07) is 15.1. The number of piperazine rings is 1. The monoisotopic (exact) mass is 408 g/mol. The Morgan fingerprint density at radius 1 is 1.00 bits per heavy atom. The zero-order valence-corrected chi connectivity index (χ0v) is 17.9. The Morgan fingerprint density at radius 3 is 2.52 bits per heavy atom. The SMILES string of the molecule is CCCC(Sc1ccc2ccccc2c1)c1nc(N)nc(N2CCN(C)CC2)n1. The van der Waals surface area contributed by atoms with Gasteiger partial charge in [0.1, 0.15) is 5.82 Å². The van der Waals surface area contributed by atoms with Crippen LogP contribution in [0.5, 0.6) is 0 Å². The Morgan fingerprint density at radius 2 is 1.76 bits per heavy atom. The predicted molar refractivity (Wildman–Crippen MR) is 121 cm³/mol. The fourth-order valence-electron chi connectivity index (χ4n) is 3.60. The van der Waals surface area contributed by atoms with Crippen LogP contribution < -0.4 is 10.6 Å². The molecular weight excluding hydrogens is 380 g/mol. The van der Waals surface area contributed by atoms with E-state index in [4.69, 9.17) is 10.7 Å². The van der Waals surface area contributed by atoms with E-state index in [0.717, 1.165) is 44.8 Å². The van der Waals surface area contributed by atoms with Gasteiger partial charge in [0.15, 0.2) is 0 Å². The minimum Gasteiger partial charge on any atom is -0.368 e. The topological polar surface area (TPSA) is 71.2 Å². The lowest BCUT2D eigenvalue weighted by atomic mass is 10.1. The van der Waals surface area contributed by atoms with Gasteiger partial charge in [0, 0.05) is 31.1 Å². The summed E-state index contributed by atoms with van der Waals surface area (Å²) in [6.45, 7) is 6.03. The van der Waals surface area contributed by atoms with Gasteiger partial charge in [0.2, 0.25) is 11.9 Å². The number of hydrogen-bond acceptors (Lipinski definition) is 7. The van der Waals surface area contributed by atoms with E-state index >= 15 is 0 Å². The van der Waals surface area contributed by atoms with E-state index in [1.165, 1.54) is 15.7 Å². The normalized spacial score (nSPS) is 16.3.